The van der Waals surface area contributed by atoms with E-state index in [0.717, 1.165) is 23.6 Å². The molecule has 0 aliphatic carbocycles. The van der Waals surface area contributed by atoms with Crippen molar-refractivity contribution in [2.75, 3.05) is 13.3 Å². The van der Waals surface area contributed by atoms with E-state index in [1.54, 1.807) is 0 Å². The molecule has 0 bridgehead atoms. The minimum Gasteiger partial charge on any atom is -0.454 e. The van der Waals surface area contributed by atoms with Crippen LogP contribution >= 0.6 is 0 Å². The fourth-order valence-corrected chi connectivity index (χ4v) is 1.80. The first-order valence-electron chi connectivity index (χ1n) is 5.98. The molecule has 0 fully saturated rings. The standard InChI is InChI=1S/C13H19NO3/c1-9(2)14-6-5-11(15)10-3-4-12-13(7-10)17-8-16-12/h3-4,7,9,11,14-15H,5-6,8H2,1-2H3. The van der Waals surface area contributed by atoms with E-state index in [1.807, 2.05) is 18.2 Å². The van der Waals surface area contributed by atoms with Gasteiger partial charge < -0.3 is 19.9 Å². The zero-order valence-electron chi connectivity index (χ0n) is 10.3. The molecule has 0 radical (unpaired) electrons. The Morgan fingerprint density at radius 1 is 1.29 bits per heavy atom. The zero-order chi connectivity index (χ0) is 12.3. The Morgan fingerprint density at radius 3 is 2.82 bits per heavy atom. The Morgan fingerprint density at radius 2 is 2.06 bits per heavy atom. The normalized spacial score (nSPS) is 15.3. The fraction of sp³-hybridized carbons (Fsp3) is 0.538. The number of ether oxygens (including phenoxy) is 2. The molecule has 94 valence electrons. The maximum atomic E-state index is 10.0. The third-order valence-electron chi connectivity index (χ3n) is 2.75. The third kappa shape index (κ3) is 3.11. The first-order valence-corrected chi connectivity index (χ1v) is 5.98. The predicted molar refractivity (Wildman–Crippen MR) is 65.3 cm³/mol. The largest absolute Gasteiger partial charge is 0.454 e. The molecule has 1 unspecified atom stereocenters. The van der Waals surface area contributed by atoms with Gasteiger partial charge in [-0.25, -0.2) is 0 Å². The van der Waals surface area contributed by atoms with E-state index in [1.165, 1.54) is 0 Å². The van der Waals surface area contributed by atoms with E-state index in [4.69, 9.17) is 9.47 Å². The molecule has 0 spiro atoms. The van der Waals surface area contributed by atoms with E-state index in [9.17, 15) is 5.11 Å². The Bertz CT molecular complexity index is 379. The van der Waals surface area contributed by atoms with E-state index < -0.39 is 6.10 Å². The first-order chi connectivity index (χ1) is 8.16. The molecule has 1 aliphatic heterocycles. The molecule has 1 aromatic rings. The third-order valence-corrected chi connectivity index (χ3v) is 2.75. The molecule has 1 aromatic carbocycles. The van der Waals surface area contributed by atoms with Crippen LogP contribution in [0.25, 0.3) is 0 Å². The number of hydrogen-bond acceptors (Lipinski definition) is 4. The van der Waals surface area contributed by atoms with Crippen LogP contribution in [0.3, 0.4) is 0 Å². The van der Waals surface area contributed by atoms with Crippen molar-refractivity contribution in [1.82, 2.24) is 5.32 Å². The summed E-state index contributed by atoms with van der Waals surface area (Å²) in [6.45, 7) is 5.25. The highest BCUT2D eigenvalue weighted by molar-refractivity contribution is 5.45. The average molecular weight is 237 g/mol. The van der Waals surface area contributed by atoms with Crippen LogP contribution in [-0.4, -0.2) is 24.5 Å². The van der Waals surface area contributed by atoms with Crippen LogP contribution in [0.2, 0.25) is 0 Å². The number of hydrogen-bond donors (Lipinski definition) is 2. The number of nitrogens with one attached hydrogen (secondary N) is 1. The summed E-state index contributed by atoms with van der Waals surface area (Å²) in [7, 11) is 0. The van der Waals surface area contributed by atoms with Crippen molar-refractivity contribution >= 4 is 0 Å². The zero-order valence-corrected chi connectivity index (χ0v) is 10.3. The summed E-state index contributed by atoms with van der Waals surface area (Å²) in [5, 5.41) is 13.3. The van der Waals surface area contributed by atoms with Gasteiger partial charge in [0.15, 0.2) is 11.5 Å². The minimum atomic E-state index is -0.462. The highest BCUT2D eigenvalue weighted by Gasteiger charge is 2.16. The van der Waals surface area contributed by atoms with Crippen molar-refractivity contribution < 1.29 is 14.6 Å². The maximum Gasteiger partial charge on any atom is 0.231 e. The van der Waals surface area contributed by atoms with Crippen molar-refractivity contribution in [3.8, 4) is 11.5 Å². The summed E-state index contributed by atoms with van der Waals surface area (Å²) in [5.41, 5.74) is 0.875. The van der Waals surface area contributed by atoms with Crippen LogP contribution in [0.4, 0.5) is 0 Å². The summed E-state index contributed by atoms with van der Waals surface area (Å²) in [6.07, 6.45) is 0.230. The van der Waals surface area contributed by atoms with Crippen molar-refractivity contribution in [3.05, 3.63) is 23.8 Å². The van der Waals surface area contributed by atoms with E-state index in [2.05, 4.69) is 19.2 Å². The van der Waals surface area contributed by atoms with Crippen molar-refractivity contribution in [2.45, 2.75) is 32.4 Å². The molecule has 0 saturated heterocycles. The van der Waals surface area contributed by atoms with Crippen LogP contribution < -0.4 is 14.8 Å². The smallest absolute Gasteiger partial charge is 0.231 e. The Labute approximate surface area is 102 Å². The molecule has 1 aliphatic rings. The highest BCUT2D eigenvalue weighted by Crippen LogP contribution is 2.34. The molecule has 0 amide bonds. The molecule has 2 rings (SSSR count). The highest BCUT2D eigenvalue weighted by atomic mass is 16.7. The van der Waals surface area contributed by atoms with Crippen molar-refractivity contribution in [2.24, 2.45) is 0 Å². The van der Waals surface area contributed by atoms with Gasteiger partial charge in [0.05, 0.1) is 6.10 Å². The number of fused-ring (bicyclic) bond motifs is 1. The van der Waals surface area contributed by atoms with E-state index >= 15 is 0 Å². The lowest BCUT2D eigenvalue weighted by Gasteiger charge is -2.13. The lowest BCUT2D eigenvalue weighted by atomic mass is 10.1. The number of aliphatic hydroxyl groups excluding tert-OH is 1. The lowest BCUT2D eigenvalue weighted by molar-refractivity contribution is 0.164. The number of benzene rings is 1. The van der Waals surface area contributed by atoms with Gasteiger partial charge in [0, 0.05) is 6.04 Å². The van der Waals surface area contributed by atoms with Gasteiger partial charge in [0.1, 0.15) is 0 Å². The Balaban J connectivity index is 1.92. The Hall–Kier alpha value is -1.26. The van der Waals surface area contributed by atoms with Gasteiger partial charge in [-0.15, -0.1) is 0 Å². The number of rotatable bonds is 5. The van der Waals surface area contributed by atoms with Gasteiger partial charge >= 0.3 is 0 Å². The van der Waals surface area contributed by atoms with Crippen LogP contribution in [0.15, 0.2) is 18.2 Å². The minimum absolute atomic E-state index is 0.268. The molecule has 4 heteroatoms. The van der Waals surface area contributed by atoms with Gasteiger partial charge in [0.2, 0.25) is 6.79 Å². The molecule has 1 heterocycles. The molecule has 0 saturated carbocycles. The van der Waals surface area contributed by atoms with Crippen LogP contribution in [0.1, 0.15) is 31.9 Å². The summed E-state index contributed by atoms with van der Waals surface area (Å²) in [5.74, 6) is 1.47. The van der Waals surface area contributed by atoms with Crippen LogP contribution in [-0.2, 0) is 0 Å². The number of aliphatic hydroxyl groups is 1. The van der Waals surface area contributed by atoms with Crippen molar-refractivity contribution in [3.63, 3.8) is 0 Å². The van der Waals surface area contributed by atoms with Crippen LogP contribution in [0, 0.1) is 0 Å². The molecular formula is C13H19NO3. The van der Waals surface area contributed by atoms with Crippen molar-refractivity contribution in [1.29, 1.82) is 0 Å². The first kappa shape index (κ1) is 12.2. The van der Waals surface area contributed by atoms with Gasteiger partial charge in [-0.05, 0) is 30.7 Å². The second kappa shape index (κ2) is 5.38. The quantitative estimate of drug-likeness (QED) is 0.820. The lowest BCUT2D eigenvalue weighted by Crippen LogP contribution is -2.24. The summed E-state index contributed by atoms with van der Waals surface area (Å²) >= 11 is 0. The monoisotopic (exact) mass is 237 g/mol. The van der Waals surface area contributed by atoms with Gasteiger partial charge in [0.25, 0.3) is 0 Å². The summed E-state index contributed by atoms with van der Waals surface area (Å²) in [6, 6.07) is 6.02. The van der Waals surface area contributed by atoms with Crippen LogP contribution in [0.5, 0.6) is 11.5 Å². The maximum absolute atomic E-state index is 10.0. The topological polar surface area (TPSA) is 50.7 Å². The predicted octanol–water partition coefficient (Wildman–Crippen LogP) is 1.84. The Kier molecular flexibility index (Phi) is 3.86. The summed E-state index contributed by atoms with van der Waals surface area (Å²) in [4.78, 5) is 0. The SMILES string of the molecule is CC(C)NCCC(O)c1ccc2c(c1)OCO2. The molecular weight excluding hydrogens is 218 g/mol. The average Bonchev–Trinajstić information content (AvgIpc) is 2.75. The van der Waals surface area contributed by atoms with E-state index in [0.29, 0.717) is 12.5 Å². The van der Waals surface area contributed by atoms with Gasteiger partial charge in [-0.2, -0.15) is 0 Å². The van der Waals surface area contributed by atoms with Gasteiger partial charge in [-0.1, -0.05) is 19.9 Å². The second-order valence-electron chi connectivity index (χ2n) is 4.53. The van der Waals surface area contributed by atoms with Gasteiger partial charge in [-0.3, -0.25) is 0 Å². The molecule has 17 heavy (non-hydrogen) atoms. The molecule has 2 N–H and O–H groups in total. The molecule has 4 nitrogen and oxygen atoms in total. The molecule has 1 atom stereocenters. The summed E-state index contributed by atoms with van der Waals surface area (Å²) < 4.78 is 10.5. The fourth-order valence-electron chi connectivity index (χ4n) is 1.80. The second-order valence-corrected chi connectivity index (χ2v) is 4.53. The van der Waals surface area contributed by atoms with E-state index in [-0.39, 0.29) is 6.79 Å². The molecule has 0 aromatic heterocycles.